The fourth-order valence-corrected chi connectivity index (χ4v) is 1.89. The molecule has 1 aromatic rings. The average molecular weight is 176 g/mol. The van der Waals surface area contributed by atoms with Crippen LogP contribution in [0.4, 0.5) is 5.95 Å². The van der Waals surface area contributed by atoms with Crippen molar-refractivity contribution in [2.24, 2.45) is 0 Å². The van der Waals surface area contributed by atoms with Gasteiger partial charge in [-0.15, -0.1) is 0 Å². The summed E-state index contributed by atoms with van der Waals surface area (Å²) in [5, 5.41) is 0. The SMILES string of the molecule is Nc1ncc2c(n1)CN(C1CC1)C2. The molecule has 0 spiro atoms. The zero-order valence-corrected chi connectivity index (χ0v) is 7.40. The van der Waals surface area contributed by atoms with Crippen molar-refractivity contribution in [2.45, 2.75) is 32.0 Å². The number of hydrogen-bond acceptors (Lipinski definition) is 4. The number of nitrogen functional groups attached to an aromatic ring is 1. The van der Waals surface area contributed by atoms with Gasteiger partial charge in [0.2, 0.25) is 5.95 Å². The first-order valence-electron chi connectivity index (χ1n) is 4.67. The van der Waals surface area contributed by atoms with Crippen LogP contribution in [0.2, 0.25) is 0 Å². The van der Waals surface area contributed by atoms with Gasteiger partial charge in [0.25, 0.3) is 0 Å². The molecule has 0 bridgehead atoms. The Bertz CT molecular complexity index is 345. The number of anilines is 1. The first kappa shape index (κ1) is 7.26. The van der Waals surface area contributed by atoms with Crippen LogP contribution in [0, 0.1) is 0 Å². The molecular formula is C9H12N4. The molecule has 1 aromatic heterocycles. The van der Waals surface area contributed by atoms with Crippen molar-refractivity contribution in [2.75, 3.05) is 5.73 Å². The molecule has 0 saturated heterocycles. The Morgan fingerprint density at radius 3 is 3.00 bits per heavy atom. The van der Waals surface area contributed by atoms with Crippen molar-refractivity contribution in [1.82, 2.24) is 14.9 Å². The van der Waals surface area contributed by atoms with Crippen LogP contribution < -0.4 is 5.73 Å². The first-order chi connectivity index (χ1) is 6.33. The molecule has 4 nitrogen and oxygen atoms in total. The lowest BCUT2D eigenvalue weighted by atomic mass is 10.3. The third kappa shape index (κ3) is 1.18. The van der Waals surface area contributed by atoms with E-state index in [1.807, 2.05) is 6.20 Å². The molecular weight excluding hydrogens is 164 g/mol. The molecule has 1 aliphatic heterocycles. The molecule has 1 fully saturated rings. The Hall–Kier alpha value is -1.16. The van der Waals surface area contributed by atoms with Crippen LogP contribution in [0.1, 0.15) is 24.1 Å². The molecule has 4 heteroatoms. The first-order valence-corrected chi connectivity index (χ1v) is 4.67. The lowest BCUT2D eigenvalue weighted by Crippen LogP contribution is -2.18. The van der Waals surface area contributed by atoms with Crippen molar-refractivity contribution >= 4 is 5.95 Å². The van der Waals surface area contributed by atoms with Crippen molar-refractivity contribution in [3.05, 3.63) is 17.5 Å². The number of nitrogens with two attached hydrogens (primary N) is 1. The van der Waals surface area contributed by atoms with Gasteiger partial charge < -0.3 is 5.73 Å². The van der Waals surface area contributed by atoms with E-state index < -0.39 is 0 Å². The summed E-state index contributed by atoms with van der Waals surface area (Å²) in [6, 6.07) is 0.801. The van der Waals surface area contributed by atoms with Gasteiger partial charge in [-0.2, -0.15) is 0 Å². The lowest BCUT2D eigenvalue weighted by Gasteiger charge is -2.11. The maximum atomic E-state index is 5.53. The van der Waals surface area contributed by atoms with E-state index >= 15 is 0 Å². The largest absolute Gasteiger partial charge is 0.368 e. The minimum atomic E-state index is 0.399. The van der Waals surface area contributed by atoms with Crippen molar-refractivity contribution in [3.63, 3.8) is 0 Å². The number of hydrogen-bond donors (Lipinski definition) is 1. The summed E-state index contributed by atoms with van der Waals surface area (Å²) in [5.74, 6) is 0.399. The highest BCUT2D eigenvalue weighted by Gasteiger charge is 2.33. The zero-order valence-electron chi connectivity index (χ0n) is 7.40. The van der Waals surface area contributed by atoms with Gasteiger partial charge >= 0.3 is 0 Å². The third-order valence-corrected chi connectivity index (χ3v) is 2.76. The van der Waals surface area contributed by atoms with Crippen LogP contribution in [0.5, 0.6) is 0 Å². The second kappa shape index (κ2) is 2.42. The second-order valence-electron chi connectivity index (χ2n) is 3.84. The number of fused-ring (bicyclic) bond motifs is 1. The summed E-state index contributed by atoms with van der Waals surface area (Å²) in [6.07, 6.45) is 4.55. The Kier molecular flexibility index (Phi) is 1.35. The van der Waals surface area contributed by atoms with E-state index in [1.54, 1.807) is 0 Å². The van der Waals surface area contributed by atoms with Crippen LogP contribution in [0.25, 0.3) is 0 Å². The van der Waals surface area contributed by atoms with Gasteiger partial charge in [-0.05, 0) is 12.8 Å². The van der Waals surface area contributed by atoms with E-state index in [0.717, 1.165) is 24.8 Å². The van der Waals surface area contributed by atoms with Gasteiger partial charge in [0.1, 0.15) is 0 Å². The Morgan fingerprint density at radius 2 is 2.23 bits per heavy atom. The van der Waals surface area contributed by atoms with Crippen LogP contribution in [0.3, 0.4) is 0 Å². The molecule has 0 atom stereocenters. The number of nitrogens with zero attached hydrogens (tertiary/aromatic N) is 3. The van der Waals surface area contributed by atoms with Gasteiger partial charge in [0, 0.05) is 30.9 Å². The van der Waals surface area contributed by atoms with E-state index in [0.29, 0.717) is 5.95 Å². The molecule has 2 aliphatic rings. The monoisotopic (exact) mass is 176 g/mol. The quantitative estimate of drug-likeness (QED) is 0.678. The van der Waals surface area contributed by atoms with E-state index in [9.17, 15) is 0 Å². The summed E-state index contributed by atoms with van der Waals surface area (Å²) in [5.41, 5.74) is 7.90. The smallest absolute Gasteiger partial charge is 0.220 e. The van der Waals surface area contributed by atoms with Crippen molar-refractivity contribution < 1.29 is 0 Å². The lowest BCUT2D eigenvalue weighted by molar-refractivity contribution is 0.272. The molecule has 13 heavy (non-hydrogen) atoms. The standard InChI is InChI=1S/C9H12N4/c10-9-11-3-6-4-13(7-1-2-7)5-8(6)12-9/h3,7H,1-2,4-5H2,(H2,10,11,12). The highest BCUT2D eigenvalue weighted by molar-refractivity contribution is 5.28. The number of rotatable bonds is 1. The van der Waals surface area contributed by atoms with Gasteiger partial charge in [-0.25, -0.2) is 9.97 Å². The molecule has 68 valence electrons. The molecule has 2 heterocycles. The average Bonchev–Trinajstić information content (AvgIpc) is 2.87. The second-order valence-corrected chi connectivity index (χ2v) is 3.84. The van der Waals surface area contributed by atoms with Crippen LogP contribution >= 0.6 is 0 Å². The molecule has 0 aromatic carbocycles. The highest BCUT2D eigenvalue weighted by Crippen LogP contribution is 2.33. The maximum absolute atomic E-state index is 5.53. The van der Waals surface area contributed by atoms with E-state index in [4.69, 9.17) is 5.73 Å². The van der Waals surface area contributed by atoms with Crippen LogP contribution in [-0.2, 0) is 13.1 Å². The predicted octanol–water partition coefficient (Wildman–Crippen LogP) is 0.537. The molecule has 1 saturated carbocycles. The van der Waals surface area contributed by atoms with Gasteiger partial charge in [0.05, 0.1) is 5.69 Å². The summed E-state index contributed by atoms with van der Waals surface area (Å²) < 4.78 is 0. The molecule has 0 radical (unpaired) electrons. The minimum Gasteiger partial charge on any atom is -0.368 e. The fourth-order valence-electron chi connectivity index (χ4n) is 1.89. The van der Waals surface area contributed by atoms with Gasteiger partial charge in [-0.3, -0.25) is 4.90 Å². The summed E-state index contributed by atoms with van der Waals surface area (Å²) in [7, 11) is 0. The summed E-state index contributed by atoms with van der Waals surface area (Å²) >= 11 is 0. The Balaban J connectivity index is 1.90. The summed E-state index contributed by atoms with van der Waals surface area (Å²) in [4.78, 5) is 10.7. The van der Waals surface area contributed by atoms with Crippen LogP contribution in [0.15, 0.2) is 6.20 Å². The van der Waals surface area contributed by atoms with Gasteiger partial charge in [-0.1, -0.05) is 0 Å². The van der Waals surface area contributed by atoms with Crippen molar-refractivity contribution in [1.29, 1.82) is 0 Å². The molecule has 0 amide bonds. The zero-order chi connectivity index (χ0) is 8.84. The number of aromatic nitrogens is 2. The maximum Gasteiger partial charge on any atom is 0.220 e. The van der Waals surface area contributed by atoms with E-state index in [2.05, 4.69) is 14.9 Å². The third-order valence-electron chi connectivity index (χ3n) is 2.76. The molecule has 1 aliphatic carbocycles. The Morgan fingerprint density at radius 1 is 1.38 bits per heavy atom. The van der Waals surface area contributed by atoms with Crippen molar-refractivity contribution in [3.8, 4) is 0 Å². The normalized spacial score (nSPS) is 21.8. The van der Waals surface area contributed by atoms with Gasteiger partial charge in [0.15, 0.2) is 0 Å². The predicted molar refractivity (Wildman–Crippen MR) is 48.7 cm³/mol. The minimum absolute atomic E-state index is 0.399. The summed E-state index contributed by atoms with van der Waals surface area (Å²) in [6.45, 7) is 1.98. The molecule has 2 N–H and O–H groups in total. The fraction of sp³-hybridized carbons (Fsp3) is 0.556. The molecule has 0 unspecified atom stereocenters. The van der Waals surface area contributed by atoms with E-state index in [1.165, 1.54) is 18.4 Å². The Labute approximate surface area is 76.8 Å². The topological polar surface area (TPSA) is 55.0 Å². The highest BCUT2D eigenvalue weighted by atomic mass is 15.2. The van der Waals surface area contributed by atoms with E-state index in [-0.39, 0.29) is 0 Å². The van der Waals surface area contributed by atoms with Crippen LogP contribution in [-0.4, -0.2) is 20.9 Å². The molecule has 3 rings (SSSR count).